The number of carbonyl (C=O) groups is 1. The fraction of sp³-hybridized carbons (Fsp3) is 0.231. The van der Waals surface area contributed by atoms with Crippen LogP contribution in [0.5, 0.6) is 5.75 Å². The van der Waals surface area contributed by atoms with Crippen LogP contribution in [0.25, 0.3) is 0 Å². The maximum absolute atomic E-state index is 13.8. The normalized spacial score (nSPS) is 17.5. The van der Waals surface area contributed by atoms with E-state index in [1.54, 1.807) is 19.2 Å². The molecule has 7 heteroatoms. The van der Waals surface area contributed by atoms with Crippen molar-refractivity contribution in [3.05, 3.63) is 101 Å². The predicted octanol–water partition coefficient (Wildman–Crippen LogP) is 5.33. The predicted molar refractivity (Wildman–Crippen MR) is 135 cm³/mol. The summed E-state index contributed by atoms with van der Waals surface area (Å²) in [5, 5.41) is 6.15. The van der Waals surface area contributed by atoms with Gasteiger partial charge in [0.1, 0.15) is 15.9 Å². The van der Waals surface area contributed by atoms with Gasteiger partial charge in [-0.3, -0.25) is 10.1 Å². The van der Waals surface area contributed by atoms with Crippen LogP contribution >= 0.6 is 24.0 Å². The number of carbonyl (C=O) groups excluding carboxylic acids is 1. The van der Waals surface area contributed by atoms with Crippen molar-refractivity contribution in [1.29, 1.82) is 0 Å². The van der Waals surface area contributed by atoms with Gasteiger partial charge in [0.05, 0.1) is 18.4 Å². The Morgan fingerprint density at radius 2 is 1.79 bits per heavy atom. The zero-order chi connectivity index (χ0) is 23.4. The zero-order valence-corrected chi connectivity index (χ0v) is 20.0. The number of thioether (sulfide) groups is 1. The molecular formula is C26H25FN2O2S2. The van der Waals surface area contributed by atoms with Gasteiger partial charge in [0.2, 0.25) is 5.91 Å². The number of ether oxygens (including phenoxy) is 1. The van der Waals surface area contributed by atoms with Crippen LogP contribution in [0.1, 0.15) is 41.3 Å². The van der Waals surface area contributed by atoms with Gasteiger partial charge in [-0.15, -0.1) is 0 Å². The molecule has 1 amide bonds. The number of halogens is 1. The second kappa shape index (κ2) is 10.5. The molecule has 0 aliphatic carbocycles. The summed E-state index contributed by atoms with van der Waals surface area (Å²) in [5.74, 6) is 0.485. The lowest BCUT2D eigenvalue weighted by molar-refractivity contribution is -0.118. The molecule has 0 aromatic heterocycles. The van der Waals surface area contributed by atoms with Crippen LogP contribution < -0.4 is 15.4 Å². The number of thiocarbonyl (C=S) groups is 1. The number of nitrogens with one attached hydrogen (secondary N) is 2. The van der Waals surface area contributed by atoms with Gasteiger partial charge in [-0.05, 0) is 59.9 Å². The van der Waals surface area contributed by atoms with Crippen molar-refractivity contribution < 1.29 is 13.9 Å². The molecule has 0 bridgehead atoms. The average Bonchev–Trinajstić information content (AvgIpc) is 3.14. The molecule has 4 rings (SSSR count). The van der Waals surface area contributed by atoms with E-state index < -0.39 is 0 Å². The van der Waals surface area contributed by atoms with E-state index >= 15 is 0 Å². The molecule has 3 aromatic carbocycles. The van der Waals surface area contributed by atoms with Gasteiger partial charge in [0.15, 0.2) is 0 Å². The highest BCUT2D eigenvalue weighted by Crippen LogP contribution is 2.30. The van der Waals surface area contributed by atoms with E-state index in [1.807, 2.05) is 49.4 Å². The first-order chi connectivity index (χ1) is 15.9. The van der Waals surface area contributed by atoms with E-state index in [9.17, 15) is 9.18 Å². The van der Waals surface area contributed by atoms with E-state index in [2.05, 4.69) is 22.8 Å². The lowest BCUT2D eigenvalue weighted by Crippen LogP contribution is -2.26. The number of benzene rings is 3. The van der Waals surface area contributed by atoms with Crippen LogP contribution in [0.2, 0.25) is 0 Å². The molecular weight excluding hydrogens is 455 g/mol. The minimum absolute atomic E-state index is 0.0417. The molecule has 1 saturated heterocycles. The summed E-state index contributed by atoms with van der Waals surface area (Å²) < 4.78 is 19.7. The van der Waals surface area contributed by atoms with E-state index in [0.717, 1.165) is 28.0 Å². The van der Waals surface area contributed by atoms with Crippen LogP contribution in [0.3, 0.4) is 0 Å². The van der Waals surface area contributed by atoms with Crippen molar-refractivity contribution in [3.8, 4) is 5.75 Å². The van der Waals surface area contributed by atoms with E-state index in [0.29, 0.717) is 10.7 Å². The summed E-state index contributed by atoms with van der Waals surface area (Å²) in [6.45, 7) is 2.02. The summed E-state index contributed by atoms with van der Waals surface area (Å²) in [7, 11) is 1.64. The molecule has 1 fully saturated rings. The first kappa shape index (κ1) is 23.4. The molecule has 1 heterocycles. The van der Waals surface area contributed by atoms with Crippen molar-refractivity contribution >= 4 is 34.2 Å². The molecule has 0 radical (unpaired) electrons. The summed E-state index contributed by atoms with van der Waals surface area (Å²) in [6.07, 6.45) is 0.596. The molecule has 2 N–H and O–H groups in total. The Labute approximate surface area is 202 Å². The second-order valence-corrected chi connectivity index (χ2v) is 9.86. The van der Waals surface area contributed by atoms with Gasteiger partial charge in [-0.2, -0.15) is 0 Å². The number of rotatable bonds is 8. The average molecular weight is 481 g/mol. The fourth-order valence-corrected chi connectivity index (χ4v) is 5.25. The Hall–Kier alpha value is -2.74. The third-order valence-electron chi connectivity index (χ3n) is 5.69. The number of amides is 1. The minimum atomic E-state index is -0.255. The highest BCUT2D eigenvalue weighted by Gasteiger charge is 2.29. The zero-order valence-electron chi connectivity index (χ0n) is 18.4. The first-order valence-corrected chi connectivity index (χ1v) is 12.0. The minimum Gasteiger partial charge on any atom is -0.497 e. The van der Waals surface area contributed by atoms with Crippen LogP contribution in [0.4, 0.5) is 4.39 Å². The Morgan fingerprint density at radius 3 is 2.45 bits per heavy atom. The lowest BCUT2D eigenvalue weighted by atomic mass is 9.94. The van der Waals surface area contributed by atoms with Gasteiger partial charge in [-0.25, -0.2) is 4.39 Å². The molecule has 3 atom stereocenters. The monoisotopic (exact) mass is 480 g/mol. The smallest absolute Gasteiger partial charge is 0.239 e. The van der Waals surface area contributed by atoms with Crippen molar-refractivity contribution in [2.75, 3.05) is 7.11 Å². The highest BCUT2D eigenvalue weighted by molar-refractivity contribution is 8.24. The number of hydrogen-bond donors (Lipinski definition) is 2. The summed E-state index contributed by atoms with van der Waals surface area (Å²) in [5.41, 5.74) is 4.05. The van der Waals surface area contributed by atoms with Gasteiger partial charge in [-0.1, -0.05) is 72.5 Å². The highest BCUT2D eigenvalue weighted by atomic mass is 32.2. The molecule has 3 aromatic rings. The Bertz CT molecular complexity index is 1150. The molecule has 3 unspecified atom stereocenters. The third-order valence-corrected chi connectivity index (χ3v) is 7.06. The largest absolute Gasteiger partial charge is 0.497 e. The van der Waals surface area contributed by atoms with Crippen LogP contribution in [0, 0.1) is 5.82 Å². The maximum atomic E-state index is 13.8. The van der Waals surface area contributed by atoms with Gasteiger partial charge in [0, 0.05) is 6.04 Å². The summed E-state index contributed by atoms with van der Waals surface area (Å²) >= 11 is 6.53. The Morgan fingerprint density at radius 1 is 1.06 bits per heavy atom. The first-order valence-electron chi connectivity index (χ1n) is 10.7. The molecule has 4 nitrogen and oxygen atoms in total. The molecule has 0 saturated carbocycles. The SMILES string of the molecule is COc1ccc(C(NC(C)c2cccc(F)c2)c2cccc(CC3SC(=S)NC3=O)c2)cc1. The maximum Gasteiger partial charge on any atom is 0.239 e. The van der Waals surface area contributed by atoms with Gasteiger partial charge in [0.25, 0.3) is 0 Å². The van der Waals surface area contributed by atoms with Crippen LogP contribution in [0.15, 0.2) is 72.8 Å². The van der Waals surface area contributed by atoms with Gasteiger partial charge >= 0.3 is 0 Å². The van der Waals surface area contributed by atoms with Crippen molar-refractivity contribution in [1.82, 2.24) is 10.6 Å². The van der Waals surface area contributed by atoms with Crippen molar-refractivity contribution in [2.45, 2.75) is 30.7 Å². The van der Waals surface area contributed by atoms with Gasteiger partial charge < -0.3 is 10.1 Å². The van der Waals surface area contributed by atoms with Crippen molar-refractivity contribution in [2.24, 2.45) is 0 Å². The van der Waals surface area contributed by atoms with E-state index in [1.165, 1.54) is 17.8 Å². The molecule has 170 valence electrons. The van der Waals surface area contributed by atoms with Crippen LogP contribution in [-0.2, 0) is 11.2 Å². The fourth-order valence-electron chi connectivity index (χ4n) is 3.94. The third kappa shape index (κ3) is 5.79. The number of hydrogen-bond acceptors (Lipinski definition) is 5. The summed E-state index contributed by atoms with van der Waals surface area (Å²) in [4.78, 5) is 12.1. The molecule has 33 heavy (non-hydrogen) atoms. The standard InChI is InChI=1S/C26H25FN2O2S2/c1-16(19-6-4-8-21(27)15-19)28-24(18-9-11-22(31-2)12-10-18)20-7-3-5-17(13-20)14-23-25(30)29-26(32)33-23/h3-13,15-16,23-24,28H,14H2,1-2H3,(H,29,30,32). The molecule has 0 spiro atoms. The number of methoxy groups -OCH3 is 1. The second-order valence-electron chi connectivity index (χ2n) is 7.98. The van der Waals surface area contributed by atoms with Crippen LogP contribution in [-0.4, -0.2) is 22.6 Å². The molecule has 1 aliphatic rings. The lowest BCUT2D eigenvalue weighted by Gasteiger charge is -2.25. The van der Waals surface area contributed by atoms with E-state index in [4.69, 9.17) is 17.0 Å². The van der Waals surface area contributed by atoms with Crippen molar-refractivity contribution in [3.63, 3.8) is 0 Å². The summed E-state index contributed by atoms with van der Waals surface area (Å²) in [6, 6.07) is 22.5. The topological polar surface area (TPSA) is 50.4 Å². The van der Waals surface area contributed by atoms with E-state index in [-0.39, 0.29) is 29.1 Å². The molecule has 1 aliphatic heterocycles. The Kier molecular flexibility index (Phi) is 7.42. The Balaban J connectivity index is 1.63. The quantitative estimate of drug-likeness (QED) is 0.427.